The molecular weight excluding hydrogens is 196 g/mol. The van der Waals surface area contributed by atoms with Crippen molar-refractivity contribution in [1.82, 2.24) is 10.6 Å². The summed E-state index contributed by atoms with van der Waals surface area (Å²) in [5.41, 5.74) is -0.0161. The fourth-order valence-electron chi connectivity index (χ4n) is 1.75. The van der Waals surface area contributed by atoms with Crippen LogP contribution < -0.4 is 10.6 Å². The molecule has 82 valence electrons. The van der Waals surface area contributed by atoms with E-state index in [1.165, 1.54) is 0 Å². The van der Waals surface area contributed by atoms with Crippen LogP contribution in [0.4, 0.5) is 0 Å². The van der Waals surface area contributed by atoms with Crippen LogP contribution in [0.2, 0.25) is 0 Å². The normalized spacial score (nSPS) is 25.5. The molecule has 1 rings (SSSR count). The van der Waals surface area contributed by atoms with Crippen LogP contribution in [0.5, 0.6) is 0 Å². The standard InChI is InChI=1S/C10H20N2OS/c1-4-11-9(14)12-8-5-6-13-10(2,3)7-8/h8H,4-7H2,1-3H3,(H2,11,12,14). The van der Waals surface area contributed by atoms with Crippen molar-refractivity contribution >= 4 is 17.3 Å². The van der Waals surface area contributed by atoms with Crippen molar-refractivity contribution in [3.63, 3.8) is 0 Å². The van der Waals surface area contributed by atoms with Crippen LogP contribution >= 0.6 is 12.2 Å². The molecule has 2 N–H and O–H groups in total. The van der Waals surface area contributed by atoms with Gasteiger partial charge in [0, 0.05) is 19.2 Å². The summed E-state index contributed by atoms with van der Waals surface area (Å²) in [6, 6.07) is 0.449. The van der Waals surface area contributed by atoms with Crippen LogP contribution in [0.15, 0.2) is 0 Å². The first-order valence-corrected chi connectivity index (χ1v) is 5.62. The van der Waals surface area contributed by atoms with Crippen molar-refractivity contribution in [2.75, 3.05) is 13.2 Å². The molecule has 1 atom stereocenters. The van der Waals surface area contributed by atoms with Crippen LogP contribution in [0, 0.1) is 0 Å². The third kappa shape index (κ3) is 3.80. The summed E-state index contributed by atoms with van der Waals surface area (Å²) < 4.78 is 5.63. The van der Waals surface area contributed by atoms with Crippen molar-refractivity contribution in [2.45, 2.75) is 45.3 Å². The molecule has 0 aliphatic carbocycles. The SMILES string of the molecule is CCNC(=S)NC1CCOC(C)(C)C1. The highest BCUT2D eigenvalue weighted by Crippen LogP contribution is 2.23. The molecule has 0 spiro atoms. The van der Waals surface area contributed by atoms with Gasteiger partial charge in [-0.3, -0.25) is 0 Å². The van der Waals surface area contributed by atoms with E-state index in [2.05, 4.69) is 24.5 Å². The van der Waals surface area contributed by atoms with E-state index in [-0.39, 0.29) is 5.60 Å². The summed E-state index contributed by atoms with van der Waals surface area (Å²) in [6.45, 7) is 7.98. The van der Waals surface area contributed by atoms with Gasteiger partial charge in [0.2, 0.25) is 0 Å². The Hall–Kier alpha value is -0.350. The molecule has 4 heteroatoms. The molecule has 1 aliphatic rings. The molecule has 1 saturated heterocycles. The lowest BCUT2D eigenvalue weighted by molar-refractivity contribution is -0.0604. The van der Waals surface area contributed by atoms with Gasteiger partial charge in [-0.2, -0.15) is 0 Å². The summed E-state index contributed by atoms with van der Waals surface area (Å²) in [5.74, 6) is 0. The Balaban J connectivity index is 2.34. The molecule has 0 saturated carbocycles. The minimum Gasteiger partial charge on any atom is -0.375 e. The van der Waals surface area contributed by atoms with Crippen molar-refractivity contribution in [3.05, 3.63) is 0 Å². The monoisotopic (exact) mass is 216 g/mol. The Labute approximate surface area is 91.6 Å². The summed E-state index contributed by atoms with van der Waals surface area (Å²) >= 11 is 5.15. The summed E-state index contributed by atoms with van der Waals surface area (Å²) in [7, 11) is 0. The first kappa shape index (κ1) is 11.7. The lowest BCUT2D eigenvalue weighted by Gasteiger charge is -2.36. The van der Waals surface area contributed by atoms with Crippen LogP contribution in [-0.2, 0) is 4.74 Å². The van der Waals surface area contributed by atoms with Crippen molar-refractivity contribution in [1.29, 1.82) is 0 Å². The molecule has 0 aromatic rings. The van der Waals surface area contributed by atoms with Crippen molar-refractivity contribution in [2.24, 2.45) is 0 Å². The summed E-state index contributed by atoms with van der Waals surface area (Å²) in [5, 5.41) is 7.17. The predicted molar refractivity (Wildman–Crippen MR) is 62.5 cm³/mol. The van der Waals surface area contributed by atoms with Gasteiger partial charge in [-0.15, -0.1) is 0 Å². The molecule has 14 heavy (non-hydrogen) atoms. The molecule has 1 fully saturated rings. The van der Waals surface area contributed by atoms with Gasteiger partial charge in [0.15, 0.2) is 5.11 Å². The van der Waals surface area contributed by atoms with E-state index in [1.54, 1.807) is 0 Å². The van der Waals surface area contributed by atoms with E-state index < -0.39 is 0 Å². The molecule has 1 aliphatic heterocycles. The number of rotatable bonds is 2. The first-order chi connectivity index (χ1) is 6.53. The molecule has 0 radical (unpaired) electrons. The highest BCUT2D eigenvalue weighted by Gasteiger charge is 2.28. The number of hydrogen-bond acceptors (Lipinski definition) is 2. The molecular formula is C10H20N2OS. The van der Waals surface area contributed by atoms with Gasteiger partial charge >= 0.3 is 0 Å². The fraction of sp³-hybridized carbons (Fsp3) is 0.900. The first-order valence-electron chi connectivity index (χ1n) is 5.22. The lowest BCUT2D eigenvalue weighted by Crippen LogP contribution is -2.48. The number of thiocarbonyl (C=S) groups is 1. The van der Waals surface area contributed by atoms with Gasteiger partial charge in [-0.05, 0) is 45.8 Å². The Morgan fingerprint density at radius 2 is 2.29 bits per heavy atom. The van der Waals surface area contributed by atoms with Crippen molar-refractivity contribution < 1.29 is 4.74 Å². The zero-order valence-corrected chi connectivity index (χ0v) is 10.0. The molecule has 0 bridgehead atoms. The molecule has 0 aromatic heterocycles. The maximum absolute atomic E-state index is 5.63. The van der Waals surface area contributed by atoms with Crippen LogP contribution in [0.25, 0.3) is 0 Å². The zero-order chi connectivity index (χ0) is 10.6. The van der Waals surface area contributed by atoms with Crippen molar-refractivity contribution in [3.8, 4) is 0 Å². The van der Waals surface area contributed by atoms with E-state index >= 15 is 0 Å². The highest BCUT2D eigenvalue weighted by molar-refractivity contribution is 7.80. The van der Waals surface area contributed by atoms with Gasteiger partial charge in [0.05, 0.1) is 5.60 Å². The third-order valence-electron chi connectivity index (χ3n) is 2.37. The fourth-order valence-corrected chi connectivity index (χ4v) is 2.06. The van der Waals surface area contributed by atoms with Crippen LogP contribution in [0.3, 0.4) is 0 Å². The van der Waals surface area contributed by atoms with E-state index in [9.17, 15) is 0 Å². The second-order valence-electron chi connectivity index (χ2n) is 4.30. The Morgan fingerprint density at radius 1 is 1.57 bits per heavy atom. The number of hydrogen-bond donors (Lipinski definition) is 2. The molecule has 3 nitrogen and oxygen atoms in total. The molecule has 1 unspecified atom stereocenters. The number of ether oxygens (including phenoxy) is 1. The Morgan fingerprint density at radius 3 is 2.86 bits per heavy atom. The quantitative estimate of drug-likeness (QED) is 0.684. The average Bonchev–Trinajstić information content (AvgIpc) is 2.02. The lowest BCUT2D eigenvalue weighted by atomic mass is 9.94. The molecule has 0 amide bonds. The summed E-state index contributed by atoms with van der Waals surface area (Å²) in [6.07, 6.45) is 2.05. The highest BCUT2D eigenvalue weighted by atomic mass is 32.1. The maximum Gasteiger partial charge on any atom is 0.166 e. The smallest absolute Gasteiger partial charge is 0.166 e. The topological polar surface area (TPSA) is 33.3 Å². The van der Waals surface area contributed by atoms with E-state index in [0.717, 1.165) is 31.1 Å². The third-order valence-corrected chi connectivity index (χ3v) is 2.63. The number of nitrogens with one attached hydrogen (secondary N) is 2. The second-order valence-corrected chi connectivity index (χ2v) is 4.71. The average molecular weight is 216 g/mol. The van der Waals surface area contributed by atoms with E-state index in [0.29, 0.717) is 6.04 Å². The van der Waals surface area contributed by atoms with E-state index in [1.807, 2.05) is 6.92 Å². The van der Waals surface area contributed by atoms with Gasteiger partial charge in [-0.1, -0.05) is 0 Å². The molecule has 1 heterocycles. The predicted octanol–water partition coefficient (Wildman–Crippen LogP) is 1.43. The Bertz CT molecular complexity index is 206. The molecule has 0 aromatic carbocycles. The Kier molecular flexibility index (Phi) is 4.13. The second kappa shape index (κ2) is 4.94. The van der Waals surface area contributed by atoms with E-state index in [4.69, 9.17) is 17.0 Å². The zero-order valence-electron chi connectivity index (χ0n) is 9.22. The van der Waals surface area contributed by atoms with Gasteiger partial charge in [0.25, 0.3) is 0 Å². The summed E-state index contributed by atoms with van der Waals surface area (Å²) in [4.78, 5) is 0. The van der Waals surface area contributed by atoms with Gasteiger partial charge < -0.3 is 15.4 Å². The largest absolute Gasteiger partial charge is 0.375 e. The van der Waals surface area contributed by atoms with Gasteiger partial charge in [0.1, 0.15) is 0 Å². The maximum atomic E-state index is 5.63. The van der Waals surface area contributed by atoms with Crippen LogP contribution in [-0.4, -0.2) is 29.9 Å². The minimum atomic E-state index is -0.0161. The van der Waals surface area contributed by atoms with Gasteiger partial charge in [-0.25, -0.2) is 0 Å². The van der Waals surface area contributed by atoms with Crippen LogP contribution in [0.1, 0.15) is 33.6 Å². The minimum absolute atomic E-state index is 0.0161.